The summed E-state index contributed by atoms with van der Waals surface area (Å²) in [5.74, 6) is -0.319. The minimum Gasteiger partial charge on any atom is -0.508 e. The van der Waals surface area contributed by atoms with E-state index in [4.69, 9.17) is 0 Å². The lowest BCUT2D eigenvalue weighted by Crippen LogP contribution is -2.50. The first kappa shape index (κ1) is 14.8. The molecule has 1 aromatic carbocycles. The van der Waals surface area contributed by atoms with E-state index in [2.05, 4.69) is 0 Å². The fourth-order valence-electron chi connectivity index (χ4n) is 2.59. The molecule has 4 heteroatoms. The molecule has 0 amide bonds. The lowest BCUT2D eigenvalue weighted by atomic mass is 9.76. The van der Waals surface area contributed by atoms with Crippen LogP contribution in [0.25, 0.3) is 0 Å². The van der Waals surface area contributed by atoms with Gasteiger partial charge >= 0.3 is 0 Å². The van der Waals surface area contributed by atoms with Crippen LogP contribution in [0.3, 0.4) is 0 Å². The highest BCUT2D eigenvalue weighted by Gasteiger charge is 2.44. The van der Waals surface area contributed by atoms with Gasteiger partial charge in [-0.15, -0.1) is 0 Å². The fraction of sp³-hybridized carbons (Fsp3) is 0.438. The fourth-order valence-corrected chi connectivity index (χ4v) is 2.59. The second-order valence-corrected chi connectivity index (χ2v) is 5.70. The van der Waals surface area contributed by atoms with Gasteiger partial charge in [0.25, 0.3) is 0 Å². The number of carbonyl (C=O) groups excluding carboxylic acids is 1. The number of aliphatic hydroxyl groups is 2. The molecule has 1 aromatic rings. The van der Waals surface area contributed by atoms with Gasteiger partial charge in [-0.25, -0.2) is 0 Å². The quantitative estimate of drug-likeness (QED) is 0.767. The van der Waals surface area contributed by atoms with Gasteiger partial charge in [0.05, 0.1) is 6.10 Å². The Labute approximate surface area is 118 Å². The number of hydrogen-bond donors (Lipinski definition) is 3. The number of rotatable bonds is 2. The molecular weight excluding hydrogens is 256 g/mol. The van der Waals surface area contributed by atoms with E-state index in [0.29, 0.717) is 11.1 Å². The first-order valence-electron chi connectivity index (χ1n) is 6.66. The molecule has 2 atom stereocenters. The molecular formula is C16H20O4. The van der Waals surface area contributed by atoms with Gasteiger partial charge in [-0.3, -0.25) is 4.79 Å². The van der Waals surface area contributed by atoms with Crippen molar-refractivity contribution in [2.45, 2.75) is 45.3 Å². The third-order valence-corrected chi connectivity index (χ3v) is 4.14. The zero-order chi connectivity index (χ0) is 15.1. The zero-order valence-corrected chi connectivity index (χ0v) is 12.0. The van der Waals surface area contributed by atoms with Crippen LogP contribution < -0.4 is 0 Å². The molecule has 0 saturated heterocycles. The SMILES string of the molecule is CC1=C(Cc2c(C)cccc2O)C(=O)[C@@](C)(O)[C@@H](O)C1. The number of aliphatic hydroxyl groups excluding tert-OH is 1. The maximum absolute atomic E-state index is 12.3. The number of phenols is 1. The highest BCUT2D eigenvalue weighted by Crippen LogP contribution is 2.33. The number of carbonyl (C=O) groups is 1. The molecule has 1 aliphatic carbocycles. The molecule has 108 valence electrons. The van der Waals surface area contributed by atoms with Crippen LogP contribution in [0.2, 0.25) is 0 Å². The van der Waals surface area contributed by atoms with E-state index < -0.39 is 17.5 Å². The molecule has 0 unspecified atom stereocenters. The molecule has 2 rings (SSSR count). The highest BCUT2D eigenvalue weighted by atomic mass is 16.3. The minimum atomic E-state index is -1.76. The van der Waals surface area contributed by atoms with Crippen molar-refractivity contribution in [2.24, 2.45) is 0 Å². The molecule has 0 spiro atoms. The summed E-state index contributed by atoms with van der Waals surface area (Å²) in [5.41, 5.74) is 1.06. The van der Waals surface area contributed by atoms with Crippen molar-refractivity contribution >= 4 is 5.78 Å². The summed E-state index contributed by atoms with van der Waals surface area (Å²) in [5, 5.41) is 29.9. The Kier molecular flexibility index (Phi) is 3.71. The third-order valence-electron chi connectivity index (χ3n) is 4.14. The van der Waals surface area contributed by atoms with Gasteiger partial charge in [0.15, 0.2) is 11.4 Å². The Hall–Kier alpha value is -1.65. The van der Waals surface area contributed by atoms with Gasteiger partial charge in [-0.2, -0.15) is 0 Å². The van der Waals surface area contributed by atoms with E-state index in [9.17, 15) is 20.1 Å². The van der Waals surface area contributed by atoms with E-state index in [0.717, 1.165) is 11.1 Å². The Morgan fingerprint density at radius 1 is 1.35 bits per heavy atom. The van der Waals surface area contributed by atoms with Crippen molar-refractivity contribution in [3.63, 3.8) is 0 Å². The average molecular weight is 276 g/mol. The summed E-state index contributed by atoms with van der Waals surface area (Å²) in [7, 11) is 0. The van der Waals surface area contributed by atoms with E-state index in [1.54, 1.807) is 19.1 Å². The predicted molar refractivity (Wildman–Crippen MR) is 75.5 cm³/mol. The molecule has 0 saturated carbocycles. The van der Waals surface area contributed by atoms with Crippen molar-refractivity contribution < 1.29 is 20.1 Å². The number of ketones is 1. The normalized spacial score (nSPS) is 27.1. The zero-order valence-electron chi connectivity index (χ0n) is 12.0. The summed E-state index contributed by atoms with van der Waals surface area (Å²) < 4.78 is 0. The summed E-state index contributed by atoms with van der Waals surface area (Å²) in [6.07, 6.45) is -0.545. The molecule has 1 aliphatic rings. The second-order valence-electron chi connectivity index (χ2n) is 5.70. The van der Waals surface area contributed by atoms with Crippen LogP contribution in [-0.4, -0.2) is 32.8 Å². The van der Waals surface area contributed by atoms with Crippen LogP contribution >= 0.6 is 0 Å². The van der Waals surface area contributed by atoms with Gasteiger partial charge < -0.3 is 15.3 Å². The first-order chi connectivity index (χ1) is 9.25. The highest BCUT2D eigenvalue weighted by molar-refractivity contribution is 6.04. The number of hydrogen-bond acceptors (Lipinski definition) is 4. The maximum atomic E-state index is 12.3. The predicted octanol–water partition coefficient (Wildman–Crippen LogP) is 1.64. The molecule has 4 nitrogen and oxygen atoms in total. The number of benzene rings is 1. The first-order valence-corrected chi connectivity index (χ1v) is 6.66. The largest absolute Gasteiger partial charge is 0.508 e. The molecule has 0 aliphatic heterocycles. The van der Waals surface area contributed by atoms with Crippen LogP contribution in [-0.2, 0) is 11.2 Å². The van der Waals surface area contributed by atoms with E-state index in [1.807, 2.05) is 13.0 Å². The van der Waals surface area contributed by atoms with Crippen molar-refractivity contribution in [1.82, 2.24) is 0 Å². The van der Waals surface area contributed by atoms with Gasteiger partial charge in [-0.1, -0.05) is 17.7 Å². The summed E-state index contributed by atoms with van der Waals surface area (Å²) in [6, 6.07) is 5.20. The molecule has 0 fully saturated rings. The minimum absolute atomic E-state index is 0.142. The third kappa shape index (κ3) is 2.37. The van der Waals surface area contributed by atoms with Crippen molar-refractivity contribution in [2.75, 3.05) is 0 Å². The Balaban J connectivity index is 2.42. The smallest absolute Gasteiger partial charge is 0.193 e. The Bertz CT molecular complexity index is 564. The van der Waals surface area contributed by atoms with Crippen LogP contribution in [0.5, 0.6) is 5.75 Å². The monoisotopic (exact) mass is 276 g/mol. The number of aryl methyl sites for hydroxylation is 1. The van der Waals surface area contributed by atoms with E-state index >= 15 is 0 Å². The molecule has 0 heterocycles. The topological polar surface area (TPSA) is 77.8 Å². The molecule has 0 aromatic heterocycles. The molecule has 0 radical (unpaired) electrons. The number of aromatic hydroxyl groups is 1. The van der Waals surface area contributed by atoms with Crippen LogP contribution in [0.1, 0.15) is 31.4 Å². The van der Waals surface area contributed by atoms with Gasteiger partial charge in [0.2, 0.25) is 0 Å². The van der Waals surface area contributed by atoms with E-state index in [-0.39, 0.29) is 18.6 Å². The average Bonchev–Trinajstić information content (AvgIpc) is 2.36. The summed E-state index contributed by atoms with van der Waals surface area (Å²) in [4.78, 5) is 12.3. The summed E-state index contributed by atoms with van der Waals surface area (Å²) in [6.45, 7) is 4.98. The van der Waals surface area contributed by atoms with Gasteiger partial charge in [0.1, 0.15) is 5.75 Å². The Morgan fingerprint density at radius 3 is 2.60 bits per heavy atom. The van der Waals surface area contributed by atoms with Crippen molar-refractivity contribution in [1.29, 1.82) is 0 Å². The lowest BCUT2D eigenvalue weighted by Gasteiger charge is -2.34. The number of phenolic OH excluding ortho intramolecular Hbond substituents is 1. The summed E-state index contributed by atoms with van der Waals surface area (Å²) >= 11 is 0. The number of Topliss-reactive ketones (excluding diaryl/α,β-unsaturated/α-hetero) is 1. The van der Waals surface area contributed by atoms with Gasteiger partial charge in [-0.05, 0) is 38.8 Å². The maximum Gasteiger partial charge on any atom is 0.193 e. The Morgan fingerprint density at radius 2 is 2.00 bits per heavy atom. The van der Waals surface area contributed by atoms with Crippen molar-refractivity contribution in [3.8, 4) is 5.75 Å². The second kappa shape index (κ2) is 5.04. The van der Waals surface area contributed by atoms with Crippen LogP contribution in [0.4, 0.5) is 0 Å². The van der Waals surface area contributed by atoms with Crippen LogP contribution in [0.15, 0.2) is 29.3 Å². The van der Waals surface area contributed by atoms with Gasteiger partial charge in [0, 0.05) is 17.6 Å². The standard InChI is InChI=1S/C16H20O4/c1-9-5-4-6-13(17)11(9)8-12-10(2)7-14(18)16(3,20)15(12)19/h4-6,14,17-18,20H,7-8H2,1-3H3/t14-,16-/m0/s1. The molecule has 0 bridgehead atoms. The molecule has 20 heavy (non-hydrogen) atoms. The molecule has 3 N–H and O–H groups in total. The van der Waals surface area contributed by atoms with E-state index in [1.165, 1.54) is 6.92 Å². The van der Waals surface area contributed by atoms with Crippen molar-refractivity contribution in [3.05, 3.63) is 40.5 Å². The lowest BCUT2D eigenvalue weighted by molar-refractivity contribution is -0.145. The van der Waals surface area contributed by atoms with Crippen LogP contribution in [0, 0.1) is 6.92 Å².